The molecule has 0 fully saturated rings. The van der Waals surface area contributed by atoms with Crippen LogP contribution in [0, 0.1) is 0 Å². The summed E-state index contributed by atoms with van der Waals surface area (Å²) in [5.41, 5.74) is 1.71. The molecule has 2 heterocycles. The Hall–Kier alpha value is -1.40. The van der Waals surface area contributed by atoms with Gasteiger partial charge in [-0.25, -0.2) is 4.98 Å². The Labute approximate surface area is 115 Å². The van der Waals surface area contributed by atoms with Crippen molar-refractivity contribution >= 4 is 37.5 Å². The van der Waals surface area contributed by atoms with Gasteiger partial charge in [-0.15, -0.1) is 0 Å². The second kappa shape index (κ2) is 4.37. The molecule has 0 aliphatic rings. The van der Waals surface area contributed by atoms with Crippen LogP contribution in [0.25, 0.3) is 15.3 Å². The summed E-state index contributed by atoms with van der Waals surface area (Å²) >= 11 is 4.81. The van der Waals surface area contributed by atoms with E-state index in [-0.39, 0.29) is 5.56 Å². The first kappa shape index (κ1) is 11.7. The predicted molar refractivity (Wildman–Crippen MR) is 76.6 cm³/mol. The summed E-state index contributed by atoms with van der Waals surface area (Å²) in [6.45, 7) is 2.00. The number of aromatic amines is 1. The van der Waals surface area contributed by atoms with Gasteiger partial charge in [0.25, 0.3) is 5.56 Å². The molecule has 0 amide bonds. The first-order chi connectivity index (χ1) is 8.70. The monoisotopic (exact) mass is 323 g/mol. The number of aromatic nitrogens is 3. The van der Waals surface area contributed by atoms with Crippen LogP contribution in [0.1, 0.15) is 12.6 Å². The van der Waals surface area contributed by atoms with Gasteiger partial charge < -0.3 is 0 Å². The molecule has 0 atom stereocenters. The van der Waals surface area contributed by atoms with Crippen LogP contribution in [-0.4, -0.2) is 14.8 Å². The summed E-state index contributed by atoms with van der Waals surface area (Å²) in [6, 6.07) is 7.85. The molecule has 6 heteroatoms. The molecule has 1 aromatic carbocycles. The second-order valence-corrected chi connectivity index (χ2v) is 5.66. The first-order valence-electron chi connectivity index (χ1n) is 5.56. The number of benzene rings is 1. The van der Waals surface area contributed by atoms with Gasteiger partial charge >= 0.3 is 0 Å². The average molecular weight is 324 g/mol. The van der Waals surface area contributed by atoms with Gasteiger partial charge in [-0.05, 0) is 34.5 Å². The number of hydrogen-bond acceptors (Lipinski definition) is 3. The van der Waals surface area contributed by atoms with E-state index in [1.54, 1.807) is 0 Å². The number of rotatable bonds is 2. The van der Waals surface area contributed by atoms with Gasteiger partial charge in [-0.3, -0.25) is 9.89 Å². The van der Waals surface area contributed by atoms with E-state index in [1.807, 2.05) is 31.2 Å². The molecule has 2 aromatic heterocycles. The molecule has 0 aliphatic carbocycles. The van der Waals surface area contributed by atoms with Crippen LogP contribution in [0.4, 0.5) is 0 Å². The Kier molecular flexibility index (Phi) is 2.83. The van der Waals surface area contributed by atoms with Crippen LogP contribution in [0.15, 0.2) is 33.5 Å². The number of fused-ring (bicyclic) bond motifs is 1. The van der Waals surface area contributed by atoms with Crippen molar-refractivity contribution in [3.63, 3.8) is 0 Å². The number of H-pyrrole nitrogens is 1. The Morgan fingerprint density at radius 2 is 2.22 bits per heavy atom. The summed E-state index contributed by atoms with van der Waals surface area (Å²) in [6.07, 6.45) is 0.772. The molecule has 3 aromatic rings. The molecular weight excluding hydrogens is 314 g/mol. The molecule has 0 bridgehead atoms. The van der Waals surface area contributed by atoms with E-state index in [0.29, 0.717) is 9.60 Å². The largest absolute Gasteiger partial charge is 0.292 e. The van der Waals surface area contributed by atoms with Gasteiger partial charge in [0.1, 0.15) is 4.47 Å². The van der Waals surface area contributed by atoms with Gasteiger partial charge in [-0.1, -0.05) is 30.4 Å². The molecule has 1 N–H and O–H groups in total. The number of aryl methyl sites for hydroxylation is 1. The predicted octanol–water partition coefficient (Wildman–Crippen LogP) is 3.10. The second-order valence-electron chi connectivity index (χ2n) is 3.86. The summed E-state index contributed by atoms with van der Waals surface area (Å²) in [7, 11) is 0. The van der Waals surface area contributed by atoms with Crippen molar-refractivity contribution in [1.82, 2.24) is 14.8 Å². The fourth-order valence-electron chi connectivity index (χ4n) is 1.79. The number of para-hydroxylation sites is 1. The standard InChI is InChI=1S/C12H10BrN3OS/c1-2-7-10(13)11(17)16(15-7)12-14-8-5-3-4-6-9(8)18-12/h3-6,15H,2H2,1H3. The fourth-order valence-corrected chi connectivity index (χ4v) is 3.26. The summed E-state index contributed by atoms with van der Waals surface area (Å²) < 4.78 is 3.15. The average Bonchev–Trinajstić information content (AvgIpc) is 2.92. The maximum absolute atomic E-state index is 12.1. The third kappa shape index (κ3) is 1.72. The van der Waals surface area contributed by atoms with Gasteiger partial charge in [0, 0.05) is 0 Å². The van der Waals surface area contributed by atoms with E-state index in [9.17, 15) is 4.79 Å². The molecule has 0 radical (unpaired) electrons. The van der Waals surface area contributed by atoms with Crippen molar-refractivity contribution in [1.29, 1.82) is 0 Å². The molecule has 4 nitrogen and oxygen atoms in total. The lowest BCUT2D eigenvalue weighted by atomic mass is 10.3. The highest BCUT2D eigenvalue weighted by Gasteiger charge is 2.14. The lowest BCUT2D eigenvalue weighted by Crippen LogP contribution is -2.14. The Morgan fingerprint density at radius 3 is 2.89 bits per heavy atom. The lowest BCUT2D eigenvalue weighted by Gasteiger charge is -1.93. The Balaban J connectivity index is 2.23. The SMILES string of the molecule is CCc1[nH]n(-c2nc3ccccc3s2)c(=O)c1Br. The summed E-state index contributed by atoms with van der Waals surface area (Å²) in [5, 5.41) is 3.75. The lowest BCUT2D eigenvalue weighted by molar-refractivity contribution is 0.814. The van der Waals surface area contributed by atoms with E-state index >= 15 is 0 Å². The zero-order valence-electron chi connectivity index (χ0n) is 9.61. The molecule has 0 saturated carbocycles. The van der Waals surface area contributed by atoms with Gasteiger partial charge in [0.15, 0.2) is 0 Å². The van der Waals surface area contributed by atoms with Crippen molar-refractivity contribution in [2.75, 3.05) is 0 Å². The smallest absolute Gasteiger partial charge is 0.287 e. The highest BCUT2D eigenvalue weighted by Crippen LogP contribution is 2.24. The summed E-state index contributed by atoms with van der Waals surface area (Å²) in [4.78, 5) is 16.5. The first-order valence-corrected chi connectivity index (χ1v) is 7.17. The van der Waals surface area contributed by atoms with Crippen LogP contribution < -0.4 is 5.56 Å². The van der Waals surface area contributed by atoms with E-state index < -0.39 is 0 Å². The van der Waals surface area contributed by atoms with Crippen LogP contribution in [-0.2, 0) is 6.42 Å². The molecule has 3 rings (SSSR count). The van der Waals surface area contributed by atoms with Crippen LogP contribution in [0.3, 0.4) is 0 Å². The maximum atomic E-state index is 12.1. The van der Waals surface area contributed by atoms with Crippen LogP contribution >= 0.6 is 27.3 Å². The van der Waals surface area contributed by atoms with Gasteiger partial charge in [-0.2, -0.15) is 4.68 Å². The minimum atomic E-state index is -0.0918. The van der Waals surface area contributed by atoms with Crippen molar-refractivity contribution in [2.24, 2.45) is 0 Å². The fraction of sp³-hybridized carbons (Fsp3) is 0.167. The minimum Gasteiger partial charge on any atom is -0.292 e. The number of nitrogens with zero attached hydrogens (tertiary/aromatic N) is 2. The number of hydrogen-bond donors (Lipinski definition) is 1. The highest BCUT2D eigenvalue weighted by molar-refractivity contribution is 9.10. The molecule has 92 valence electrons. The van der Waals surface area contributed by atoms with E-state index in [1.165, 1.54) is 16.0 Å². The number of nitrogens with one attached hydrogen (secondary N) is 1. The van der Waals surface area contributed by atoms with E-state index in [4.69, 9.17) is 0 Å². The normalized spacial score (nSPS) is 11.2. The van der Waals surface area contributed by atoms with Crippen molar-refractivity contribution in [2.45, 2.75) is 13.3 Å². The molecule has 0 aliphatic heterocycles. The topological polar surface area (TPSA) is 50.7 Å². The van der Waals surface area contributed by atoms with Crippen LogP contribution in [0.2, 0.25) is 0 Å². The third-order valence-electron chi connectivity index (χ3n) is 2.73. The molecule has 18 heavy (non-hydrogen) atoms. The zero-order chi connectivity index (χ0) is 12.7. The van der Waals surface area contributed by atoms with E-state index in [0.717, 1.165) is 22.3 Å². The molecule has 0 spiro atoms. The maximum Gasteiger partial charge on any atom is 0.287 e. The Bertz CT molecular complexity index is 738. The minimum absolute atomic E-state index is 0.0918. The van der Waals surface area contributed by atoms with Crippen molar-refractivity contribution in [3.8, 4) is 5.13 Å². The number of thiazole rings is 1. The van der Waals surface area contributed by atoms with Crippen molar-refractivity contribution < 1.29 is 0 Å². The van der Waals surface area contributed by atoms with Crippen LogP contribution in [0.5, 0.6) is 0 Å². The zero-order valence-corrected chi connectivity index (χ0v) is 12.0. The van der Waals surface area contributed by atoms with Gasteiger partial charge in [0.05, 0.1) is 15.9 Å². The highest BCUT2D eigenvalue weighted by atomic mass is 79.9. The summed E-state index contributed by atoms with van der Waals surface area (Å²) in [5.74, 6) is 0. The third-order valence-corrected chi connectivity index (χ3v) is 4.57. The molecule has 0 unspecified atom stereocenters. The number of halogens is 1. The van der Waals surface area contributed by atoms with Crippen molar-refractivity contribution in [3.05, 3.63) is 44.8 Å². The van der Waals surface area contributed by atoms with Gasteiger partial charge in [0.2, 0.25) is 5.13 Å². The Morgan fingerprint density at radius 1 is 1.44 bits per heavy atom. The molecule has 0 saturated heterocycles. The quantitative estimate of drug-likeness (QED) is 0.787. The van der Waals surface area contributed by atoms with E-state index in [2.05, 4.69) is 26.0 Å². The molecular formula is C12H10BrN3OS.